The van der Waals surface area contributed by atoms with E-state index < -0.39 is 17.8 Å². The van der Waals surface area contributed by atoms with E-state index in [4.69, 9.17) is 9.47 Å². The molecule has 0 aliphatic carbocycles. The SMILES string of the molecule is COc1ccc2c(c1)C=C(CN1CC(=O)NCCCc3ccc(F)c(c3)C(=O)N3CCC[C@H]3C(=O)N[C@H](C(C)C)C1)CO2. The molecule has 2 aromatic carbocycles. The molecule has 3 heterocycles. The van der Waals surface area contributed by atoms with Gasteiger partial charge in [0.2, 0.25) is 11.8 Å². The van der Waals surface area contributed by atoms with Crippen LogP contribution in [0.2, 0.25) is 0 Å². The molecular weight excluding hydrogens is 551 g/mol. The molecule has 43 heavy (non-hydrogen) atoms. The van der Waals surface area contributed by atoms with Gasteiger partial charge in [0.15, 0.2) is 0 Å². The molecule has 0 saturated carbocycles. The van der Waals surface area contributed by atoms with E-state index in [1.54, 1.807) is 19.2 Å². The monoisotopic (exact) mass is 592 g/mol. The van der Waals surface area contributed by atoms with Crippen molar-refractivity contribution >= 4 is 23.8 Å². The van der Waals surface area contributed by atoms with E-state index in [9.17, 15) is 18.8 Å². The minimum absolute atomic E-state index is 0.0145. The van der Waals surface area contributed by atoms with Crippen molar-refractivity contribution < 1.29 is 28.2 Å². The van der Waals surface area contributed by atoms with Crippen LogP contribution in [0.4, 0.5) is 4.39 Å². The number of carbonyl (C=O) groups is 3. The molecule has 2 bridgehead atoms. The standard InChI is InChI=1S/C33H41FN4O5/c1-21(2)28-18-37(17-23-14-24-16-25(42-3)9-11-30(24)43-20-23)19-31(39)35-12-4-6-22-8-10-27(34)26(15-22)33(41)38-13-5-7-29(38)32(40)36-28/h8-11,14-16,21,28-29H,4-7,12-13,17-20H2,1-3H3,(H,35,39)(H,36,40)/t28-,29-/m0/s1. The van der Waals surface area contributed by atoms with Crippen LogP contribution in [-0.2, 0) is 16.0 Å². The number of fused-ring (bicyclic) bond motifs is 4. The predicted octanol–water partition coefficient (Wildman–Crippen LogP) is 3.42. The molecule has 9 nitrogen and oxygen atoms in total. The Morgan fingerprint density at radius 3 is 2.74 bits per heavy atom. The number of hydrogen-bond donors (Lipinski definition) is 2. The van der Waals surface area contributed by atoms with Crippen LogP contribution < -0.4 is 20.1 Å². The minimum Gasteiger partial charge on any atom is -0.497 e. The maximum atomic E-state index is 14.8. The fourth-order valence-electron chi connectivity index (χ4n) is 5.98. The molecule has 3 aliphatic rings. The van der Waals surface area contributed by atoms with Crippen LogP contribution in [0.3, 0.4) is 0 Å². The van der Waals surface area contributed by atoms with E-state index >= 15 is 0 Å². The van der Waals surface area contributed by atoms with Crippen molar-refractivity contribution in [2.24, 2.45) is 5.92 Å². The normalized spacial score (nSPS) is 22.1. The third kappa shape index (κ3) is 7.36. The van der Waals surface area contributed by atoms with Crippen LogP contribution in [0.1, 0.15) is 54.6 Å². The minimum atomic E-state index is -0.676. The van der Waals surface area contributed by atoms with Crippen LogP contribution in [0.15, 0.2) is 42.0 Å². The number of ether oxygens (including phenoxy) is 2. The van der Waals surface area contributed by atoms with E-state index in [1.807, 2.05) is 36.9 Å². The number of hydrogen-bond acceptors (Lipinski definition) is 6. The van der Waals surface area contributed by atoms with Crippen molar-refractivity contribution in [3.8, 4) is 11.5 Å². The lowest BCUT2D eigenvalue weighted by atomic mass is 10.0. The van der Waals surface area contributed by atoms with E-state index in [1.165, 1.54) is 11.0 Å². The Bertz CT molecular complexity index is 1390. The zero-order valence-corrected chi connectivity index (χ0v) is 25.2. The number of nitrogens with one attached hydrogen (secondary N) is 2. The van der Waals surface area contributed by atoms with E-state index in [0.717, 1.165) is 28.2 Å². The maximum absolute atomic E-state index is 14.8. The average Bonchev–Trinajstić information content (AvgIpc) is 3.49. The second-order valence-corrected chi connectivity index (χ2v) is 11.9. The number of aryl methyl sites for hydroxylation is 1. The van der Waals surface area contributed by atoms with Gasteiger partial charge in [-0.3, -0.25) is 19.3 Å². The van der Waals surface area contributed by atoms with Gasteiger partial charge in [-0.1, -0.05) is 19.9 Å². The molecule has 5 rings (SSSR count). The molecule has 3 amide bonds. The number of methoxy groups -OCH3 is 1. The number of halogens is 1. The average molecular weight is 593 g/mol. The highest BCUT2D eigenvalue weighted by Crippen LogP contribution is 2.30. The largest absolute Gasteiger partial charge is 0.497 e. The third-order valence-electron chi connectivity index (χ3n) is 8.41. The molecule has 10 heteroatoms. The highest BCUT2D eigenvalue weighted by molar-refractivity contribution is 5.98. The molecule has 0 radical (unpaired) electrons. The van der Waals surface area contributed by atoms with Gasteiger partial charge in [-0.25, -0.2) is 4.39 Å². The smallest absolute Gasteiger partial charge is 0.257 e. The lowest BCUT2D eigenvalue weighted by molar-refractivity contribution is -0.126. The second kappa shape index (κ2) is 13.6. The topological polar surface area (TPSA) is 100 Å². The summed E-state index contributed by atoms with van der Waals surface area (Å²) in [4.78, 5) is 43.8. The molecule has 3 aliphatic heterocycles. The van der Waals surface area contributed by atoms with Gasteiger partial charge in [-0.15, -0.1) is 0 Å². The van der Waals surface area contributed by atoms with Crippen molar-refractivity contribution in [2.45, 2.75) is 51.6 Å². The lowest BCUT2D eigenvalue weighted by Gasteiger charge is -2.33. The molecule has 2 N–H and O–H groups in total. The van der Waals surface area contributed by atoms with Crippen LogP contribution >= 0.6 is 0 Å². The molecule has 0 unspecified atom stereocenters. The molecule has 1 fully saturated rings. The Balaban J connectivity index is 1.40. The second-order valence-electron chi connectivity index (χ2n) is 11.9. The van der Waals surface area contributed by atoms with Gasteiger partial charge in [-0.05, 0) is 79.1 Å². The Kier molecular flexibility index (Phi) is 9.65. The van der Waals surface area contributed by atoms with Crippen molar-refractivity contribution in [3.05, 3.63) is 64.5 Å². The van der Waals surface area contributed by atoms with Crippen molar-refractivity contribution in [1.29, 1.82) is 0 Å². The highest BCUT2D eigenvalue weighted by Gasteiger charge is 2.37. The first-order chi connectivity index (χ1) is 20.7. The Labute approximate surface area is 252 Å². The van der Waals surface area contributed by atoms with Gasteiger partial charge >= 0.3 is 0 Å². The molecular formula is C33H41FN4O5. The molecule has 0 spiro atoms. The lowest BCUT2D eigenvalue weighted by Crippen LogP contribution is -2.54. The summed E-state index contributed by atoms with van der Waals surface area (Å²) >= 11 is 0. The van der Waals surface area contributed by atoms with Crippen molar-refractivity contribution in [1.82, 2.24) is 20.4 Å². The summed E-state index contributed by atoms with van der Waals surface area (Å²) in [6.07, 6.45) is 4.48. The van der Waals surface area contributed by atoms with Crippen LogP contribution in [0.25, 0.3) is 6.08 Å². The van der Waals surface area contributed by atoms with E-state index in [-0.39, 0.29) is 35.9 Å². The summed E-state index contributed by atoms with van der Waals surface area (Å²) in [5, 5.41) is 6.17. The number of rotatable bonds is 4. The first-order valence-electron chi connectivity index (χ1n) is 15.1. The quantitative estimate of drug-likeness (QED) is 0.565. The summed E-state index contributed by atoms with van der Waals surface area (Å²) in [5.74, 6) is 0.140. The van der Waals surface area contributed by atoms with Crippen molar-refractivity contribution in [3.63, 3.8) is 0 Å². The Hall–Kier alpha value is -3.92. The molecule has 230 valence electrons. The van der Waals surface area contributed by atoms with Crippen molar-refractivity contribution in [2.75, 3.05) is 46.4 Å². The highest BCUT2D eigenvalue weighted by atomic mass is 19.1. The van der Waals surface area contributed by atoms with Gasteiger partial charge in [0.05, 0.1) is 19.2 Å². The maximum Gasteiger partial charge on any atom is 0.257 e. The Morgan fingerprint density at radius 2 is 1.95 bits per heavy atom. The third-order valence-corrected chi connectivity index (χ3v) is 8.41. The molecule has 0 aromatic heterocycles. The van der Waals surface area contributed by atoms with Gasteiger partial charge in [-0.2, -0.15) is 0 Å². The summed E-state index contributed by atoms with van der Waals surface area (Å²) in [6.45, 7) is 6.34. The zero-order valence-electron chi connectivity index (χ0n) is 25.2. The first-order valence-corrected chi connectivity index (χ1v) is 15.1. The predicted molar refractivity (Wildman–Crippen MR) is 161 cm³/mol. The summed E-state index contributed by atoms with van der Waals surface area (Å²) in [7, 11) is 1.62. The fraction of sp³-hybridized carbons (Fsp3) is 0.485. The van der Waals surface area contributed by atoms with Crippen LogP contribution in [0.5, 0.6) is 11.5 Å². The van der Waals surface area contributed by atoms with Gasteiger partial charge in [0.25, 0.3) is 5.91 Å². The molecule has 2 atom stereocenters. The number of carbonyl (C=O) groups excluding carboxylic acids is 3. The zero-order chi connectivity index (χ0) is 30.5. The van der Waals surface area contributed by atoms with E-state index in [2.05, 4.69) is 16.7 Å². The van der Waals surface area contributed by atoms with Crippen LogP contribution in [-0.4, -0.2) is 86.0 Å². The number of nitrogens with zero attached hydrogens (tertiary/aromatic N) is 2. The summed E-state index contributed by atoms with van der Waals surface area (Å²) < 4.78 is 26.2. The van der Waals surface area contributed by atoms with Gasteiger partial charge in [0.1, 0.15) is 30.0 Å². The van der Waals surface area contributed by atoms with E-state index in [0.29, 0.717) is 58.5 Å². The molecule has 1 saturated heterocycles. The number of benzene rings is 2. The Morgan fingerprint density at radius 1 is 1.12 bits per heavy atom. The first kappa shape index (κ1) is 30.5. The van der Waals surface area contributed by atoms with Gasteiger partial charge in [0, 0.05) is 37.8 Å². The van der Waals surface area contributed by atoms with Crippen LogP contribution in [0, 0.1) is 11.7 Å². The molecule has 2 aromatic rings. The summed E-state index contributed by atoms with van der Waals surface area (Å²) in [5.41, 5.74) is 2.71. The van der Waals surface area contributed by atoms with Gasteiger partial charge < -0.3 is 25.0 Å². The summed E-state index contributed by atoms with van der Waals surface area (Å²) in [6, 6.07) is 9.26. The fourth-order valence-corrected chi connectivity index (χ4v) is 5.98. The number of amides is 3.